The SMILES string of the molecule is CC(=O)SCCC#Cc1cccc(O)c1Cl. The fourth-order valence-corrected chi connectivity index (χ4v) is 1.68. The number of carbonyl (C=O) groups is 1. The van der Waals surface area contributed by atoms with Gasteiger partial charge in [-0.15, -0.1) is 0 Å². The second-order valence-electron chi connectivity index (χ2n) is 3.03. The Bertz CT molecular complexity index is 446. The van der Waals surface area contributed by atoms with Crippen molar-refractivity contribution in [1.82, 2.24) is 0 Å². The molecule has 84 valence electrons. The van der Waals surface area contributed by atoms with Crippen LogP contribution in [0.15, 0.2) is 18.2 Å². The van der Waals surface area contributed by atoms with Gasteiger partial charge in [0.05, 0.1) is 5.02 Å². The third-order valence-electron chi connectivity index (χ3n) is 1.73. The van der Waals surface area contributed by atoms with E-state index in [1.807, 2.05) is 0 Å². The zero-order chi connectivity index (χ0) is 12.0. The number of hydrogen-bond donors (Lipinski definition) is 1. The molecule has 1 rings (SSSR count). The molecule has 0 bridgehead atoms. The number of phenolic OH excluding ortho intramolecular Hbond substituents is 1. The number of carbonyl (C=O) groups excluding carboxylic acids is 1. The summed E-state index contributed by atoms with van der Waals surface area (Å²) in [6.45, 7) is 1.53. The Hall–Kier alpha value is -1.11. The molecular weight excluding hydrogens is 244 g/mol. The third-order valence-corrected chi connectivity index (χ3v) is 2.95. The summed E-state index contributed by atoms with van der Waals surface area (Å²) in [6.07, 6.45) is 0.621. The molecule has 1 aromatic rings. The second kappa shape index (κ2) is 6.47. The molecule has 0 unspecified atom stereocenters. The van der Waals surface area contributed by atoms with Crippen molar-refractivity contribution in [3.8, 4) is 17.6 Å². The molecule has 0 amide bonds. The second-order valence-corrected chi connectivity index (χ2v) is 4.68. The van der Waals surface area contributed by atoms with Gasteiger partial charge in [-0.05, 0) is 12.1 Å². The summed E-state index contributed by atoms with van der Waals surface area (Å²) in [6, 6.07) is 4.95. The third kappa shape index (κ3) is 4.18. The van der Waals surface area contributed by atoms with E-state index in [0.29, 0.717) is 17.7 Å². The van der Waals surface area contributed by atoms with Gasteiger partial charge in [0, 0.05) is 24.7 Å². The Balaban J connectivity index is 2.56. The van der Waals surface area contributed by atoms with Crippen LogP contribution in [0, 0.1) is 11.8 Å². The lowest BCUT2D eigenvalue weighted by Gasteiger charge is -1.97. The van der Waals surface area contributed by atoms with Gasteiger partial charge >= 0.3 is 0 Å². The van der Waals surface area contributed by atoms with E-state index in [2.05, 4.69) is 11.8 Å². The molecule has 2 nitrogen and oxygen atoms in total. The molecule has 0 fully saturated rings. The Kier molecular flexibility index (Phi) is 5.24. The number of benzene rings is 1. The minimum atomic E-state index is 0.0339. The molecule has 0 atom stereocenters. The lowest BCUT2D eigenvalue weighted by atomic mass is 10.2. The van der Waals surface area contributed by atoms with E-state index in [4.69, 9.17) is 11.6 Å². The Labute approximate surface area is 104 Å². The first-order valence-corrected chi connectivity index (χ1v) is 6.07. The number of aromatic hydroxyl groups is 1. The van der Waals surface area contributed by atoms with E-state index in [-0.39, 0.29) is 15.9 Å². The highest BCUT2D eigenvalue weighted by Crippen LogP contribution is 2.25. The first-order valence-electron chi connectivity index (χ1n) is 4.71. The Morgan fingerprint density at radius 3 is 3.00 bits per heavy atom. The zero-order valence-corrected chi connectivity index (χ0v) is 10.4. The van der Waals surface area contributed by atoms with Crippen LogP contribution in [0.1, 0.15) is 18.9 Å². The van der Waals surface area contributed by atoms with E-state index in [1.165, 1.54) is 24.8 Å². The first-order chi connectivity index (χ1) is 7.61. The highest BCUT2D eigenvalue weighted by atomic mass is 35.5. The van der Waals surface area contributed by atoms with Crippen molar-refractivity contribution in [3.63, 3.8) is 0 Å². The standard InChI is InChI=1S/C12H11ClO2S/c1-9(14)16-8-3-2-5-10-6-4-7-11(15)12(10)13/h4,6-7,15H,3,8H2,1H3. The molecule has 1 aromatic carbocycles. The lowest BCUT2D eigenvalue weighted by molar-refractivity contribution is -0.109. The van der Waals surface area contributed by atoms with Crippen LogP contribution in [0.3, 0.4) is 0 Å². The van der Waals surface area contributed by atoms with Crippen molar-refractivity contribution in [2.24, 2.45) is 0 Å². The molecular formula is C12H11ClO2S. The van der Waals surface area contributed by atoms with E-state index >= 15 is 0 Å². The summed E-state index contributed by atoms with van der Waals surface area (Å²) in [7, 11) is 0. The number of halogens is 1. The molecule has 0 aliphatic rings. The van der Waals surface area contributed by atoms with E-state index in [1.54, 1.807) is 12.1 Å². The molecule has 0 heterocycles. The maximum Gasteiger partial charge on any atom is 0.185 e. The zero-order valence-electron chi connectivity index (χ0n) is 8.79. The summed E-state index contributed by atoms with van der Waals surface area (Å²) in [5.41, 5.74) is 0.606. The summed E-state index contributed by atoms with van der Waals surface area (Å²) in [5, 5.41) is 9.69. The van der Waals surface area contributed by atoms with Gasteiger partial charge in [-0.1, -0.05) is 41.3 Å². The molecule has 0 radical (unpaired) electrons. The van der Waals surface area contributed by atoms with Crippen LogP contribution in [0.25, 0.3) is 0 Å². The predicted octanol–water partition coefficient (Wildman–Crippen LogP) is 3.07. The van der Waals surface area contributed by atoms with Gasteiger partial charge in [0.15, 0.2) is 5.12 Å². The van der Waals surface area contributed by atoms with E-state index in [0.717, 1.165) is 0 Å². The van der Waals surface area contributed by atoms with Crippen molar-refractivity contribution >= 4 is 28.5 Å². The smallest absolute Gasteiger partial charge is 0.185 e. The van der Waals surface area contributed by atoms with Gasteiger partial charge in [-0.25, -0.2) is 0 Å². The normalized spacial score (nSPS) is 9.38. The minimum Gasteiger partial charge on any atom is -0.506 e. The van der Waals surface area contributed by atoms with Crippen molar-refractivity contribution in [1.29, 1.82) is 0 Å². The molecule has 0 aromatic heterocycles. The molecule has 16 heavy (non-hydrogen) atoms. The summed E-state index contributed by atoms with van der Waals surface area (Å²) >= 11 is 7.09. The fourth-order valence-electron chi connectivity index (χ4n) is 1.02. The number of hydrogen-bond acceptors (Lipinski definition) is 3. The van der Waals surface area contributed by atoms with Crippen LogP contribution >= 0.6 is 23.4 Å². The van der Waals surface area contributed by atoms with Crippen LogP contribution in [-0.2, 0) is 4.79 Å². The maximum atomic E-state index is 10.6. The fraction of sp³-hybridized carbons (Fsp3) is 0.250. The van der Waals surface area contributed by atoms with Gasteiger partial charge in [-0.3, -0.25) is 4.79 Å². The van der Waals surface area contributed by atoms with Gasteiger partial charge in [0.2, 0.25) is 0 Å². The number of phenols is 1. The molecule has 0 aliphatic carbocycles. The monoisotopic (exact) mass is 254 g/mol. The molecule has 0 aliphatic heterocycles. The van der Waals surface area contributed by atoms with Crippen molar-refractivity contribution in [3.05, 3.63) is 28.8 Å². The number of rotatable bonds is 2. The lowest BCUT2D eigenvalue weighted by Crippen LogP contribution is -1.84. The molecule has 0 saturated carbocycles. The summed E-state index contributed by atoms with van der Waals surface area (Å²) < 4.78 is 0. The van der Waals surface area contributed by atoms with Crippen molar-refractivity contribution in [2.75, 3.05) is 5.75 Å². The molecule has 0 saturated heterocycles. The highest BCUT2D eigenvalue weighted by molar-refractivity contribution is 8.13. The average Bonchev–Trinajstić information content (AvgIpc) is 2.23. The summed E-state index contributed by atoms with van der Waals surface area (Å²) in [4.78, 5) is 10.6. The minimum absolute atomic E-state index is 0.0339. The van der Waals surface area contributed by atoms with Crippen LogP contribution in [0.5, 0.6) is 5.75 Å². The van der Waals surface area contributed by atoms with Crippen LogP contribution in [0.4, 0.5) is 0 Å². The van der Waals surface area contributed by atoms with E-state index in [9.17, 15) is 9.90 Å². The van der Waals surface area contributed by atoms with Crippen LogP contribution < -0.4 is 0 Å². The van der Waals surface area contributed by atoms with E-state index < -0.39 is 0 Å². The van der Waals surface area contributed by atoms with Crippen molar-refractivity contribution in [2.45, 2.75) is 13.3 Å². The number of thioether (sulfide) groups is 1. The molecule has 1 N–H and O–H groups in total. The van der Waals surface area contributed by atoms with Gasteiger partial charge < -0.3 is 5.11 Å². The molecule has 0 spiro atoms. The predicted molar refractivity (Wildman–Crippen MR) is 67.8 cm³/mol. The van der Waals surface area contributed by atoms with Crippen LogP contribution in [0.2, 0.25) is 5.02 Å². The Morgan fingerprint density at radius 1 is 1.56 bits per heavy atom. The quantitative estimate of drug-likeness (QED) is 0.651. The Morgan fingerprint density at radius 2 is 2.31 bits per heavy atom. The van der Waals surface area contributed by atoms with Crippen molar-refractivity contribution < 1.29 is 9.90 Å². The average molecular weight is 255 g/mol. The maximum absolute atomic E-state index is 10.6. The van der Waals surface area contributed by atoms with Gasteiger partial charge in [0.25, 0.3) is 0 Å². The van der Waals surface area contributed by atoms with Gasteiger partial charge in [-0.2, -0.15) is 0 Å². The topological polar surface area (TPSA) is 37.3 Å². The largest absolute Gasteiger partial charge is 0.506 e. The van der Waals surface area contributed by atoms with Gasteiger partial charge in [0.1, 0.15) is 5.75 Å². The first kappa shape index (κ1) is 13.0. The highest BCUT2D eigenvalue weighted by Gasteiger charge is 2.00. The summed E-state index contributed by atoms with van der Waals surface area (Å²) in [5.74, 6) is 6.48. The van der Waals surface area contributed by atoms with Crippen LogP contribution in [-0.4, -0.2) is 16.0 Å². The molecule has 4 heteroatoms.